The van der Waals surface area contributed by atoms with Gasteiger partial charge >= 0.3 is 18.2 Å². The molecular weight excluding hydrogens is 405 g/mol. The minimum Gasteiger partial charge on any atom is -0.475 e. The maximum atomic E-state index is 13.0. The molecule has 0 unspecified atom stereocenters. The predicted octanol–water partition coefficient (Wildman–Crippen LogP) is 5.86. The van der Waals surface area contributed by atoms with Gasteiger partial charge in [-0.25, -0.2) is 9.59 Å². The average Bonchev–Trinajstić information content (AvgIpc) is 3.06. The number of ether oxygens (including phenoxy) is 3. The van der Waals surface area contributed by atoms with Crippen LogP contribution >= 0.6 is 0 Å². The van der Waals surface area contributed by atoms with Crippen LogP contribution in [0.4, 0.5) is 18.0 Å². The van der Waals surface area contributed by atoms with E-state index in [-0.39, 0.29) is 12.2 Å². The third-order valence-corrected chi connectivity index (χ3v) is 3.09. The van der Waals surface area contributed by atoms with Crippen LogP contribution in [-0.4, -0.2) is 46.8 Å². The van der Waals surface area contributed by atoms with Gasteiger partial charge in [-0.3, -0.25) is 0 Å². The Hall–Kier alpha value is -2.26. The Kier molecular flexibility index (Phi) is 12.4. The molecule has 0 saturated heterocycles. The first kappa shape index (κ1) is 29.9. The summed E-state index contributed by atoms with van der Waals surface area (Å²) in [5.74, 6) is -1.31. The fraction of sp³-hybridized carbons (Fsp3) is 0.750. The number of carbonyl (C=O) groups is 2. The maximum Gasteiger partial charge on any atom is 0.435 e. The van der Waals surface area contributed by atoms with Crippen molar-refractivity contribution in [1.29, 1.82) is 0 Å². The summed E-state index contributed by atoms with van der Waals surface area (Å²) in [6.45, 7) is 15.6. The van der Waals surface area contributed by atoms with E-state index in [1.165, 1.54) is 0 Å². The Morgan fingerprint density at radius 3 is 1.93 bits per heavy atom. The van der Waals surface area contributed by atoms with Crippen LogP contribution in [0.2, 0.25) is 0 Å². The summed E-state index contributed by atoms with van der Waals surface area (Å²) in [6, 6.07) is 0. The normalized spacial score (nSPS) is 11.4. The van der Waals surface area contributed by atoms with E-state index >= 15 is 0 Å². The van der Waals surface area contributed by atoms with Gasteiger partial charge in [-0.15, -0.1) is 5.10 Å². The van der Waals surface area contributed by atoms with Gasteiger partial charge in [-0.2, -0.15) is 17.9 Å². The second-order valence-electron chi connectivity index (χ2n) is 7.16. The fourth-order valence-electron chi connectivity index (χ4n) is 1.55. The lowest BCUT2D eigenvalue weighted by molar-refractivity contribution is -0.219. The van der Waals surface area contributed by atoms with Crippen LogP contribution in [0.5, 0.6) is 5.88 Å². The summed E-state index contributed by atoms with van der Waals surface area (Å²) in [4.78, 5) is 24.0. The lowest BCUT2D eigenvalue weighted by atomic mass is 9.94. The number of hydrogen-bond acceptors (Lipinski definition) is 6. The molecule has 0 aromatic carbocycles. The molecular formula is C20H35F3N2O5. The van der Waals surface area contributed by atoms with Crippen LogP contribution in [0.25, 0.3) is 0 Å². The standard InChI is InChI=1S/C16H23F3N2O5.2C2H6/c1-7-24-12(22)10-8-21(13(23)26-14(2,3)4)20-11(10)25-9-15(5,6)16(17,18)19;2*1-2/h8H,7,9H2,1-6H3;2*1-2H3. The molecule has 1 aromatic rings. The first-order valence-corrected chi connectivity index (χ1v) is 9.87. The van der Waals surface area contributed by atoms with E-state index in [0.717, 1.165) is 20.0 Å². The van der Waals surface area contributed by atoms with Crippen molar-refractivity contribution in [1.82, 2.24) is 9.78 Å². The van der Waals surface area contributed by atoms with E-state index in [1.807, 2.05) is 27.7 Å². The largest absolute Gasteiger partial charge is 0.475 e. The number of alkyl halides is 3. The van der Waals surface area contributed by atoms with E-state index < -0.39 is 41.7 Å². The number of esters is 1. The van der Waals surface area contributed by atoms with Crippen molar-refractivity contribution in [3.05, 3.63) is 11.8 Å². The Balaban J connectivity index is 0. The van der Waals surface area contributed by atoms with Gasteiger partial charge in [-0.05, 0) is 41.5 Å². The molecule has 7 nitrogen and oxygen atoms in total. The van der Waals surface area contributed by atoms with Crippen molar-refractivity contribution in [2.24, 2.45) is 5.41 Å². The highest BCUT2D eigenvalue weighted by Crippen LogP contribution is 2.38. The number of halogens is 3. The van der Waals surface area contributed by atoms with Crippen molar-refractivity contribution in [2.75, 3.05) is 13.2 Å². The van der Waals surface area contributed by atoms with Gasteiger partial charge < -0.3 is 14.2 Å². The molecule has 0 aliphatic heterocycles. The Morgan fingerprint density at radius 2 is 1.53 bits per heavy atom. The summed E-state index contributed by atoms with van der Waals surface area (Å²) in [6.07, 6.45) is -4.43. The van der Waals surface area contributed by atoms with Gasteiger partial charge in [-0.1, -0.05) is 27.7 Å². The monoisotopic (exact) mass is 440 g/mol. The maximum absolute atomic E-state index is 13.0. The first-order valence-electron chi connectivity index (χ1n) is 9.87. The van der Waals surface area contributed by atoms with E-state index in [9.17, 15) is 22.8 Å². The smallest absolute Gasteiger partial charge is 0.435 e. The average molecular weight is 441 g/mol. The Morgan fingerprint density at radius 1 is 1.03 bits per heavy atom. The van der Waals surface area contributed by atoms with Gasteiger partial charge in [0, 0.05) is 0 Å². The van der Waals surface area contributed by atoms with E-state index in [1.54, 1.807) is 27.7 Å². The van der Waals surface area contributed by atoms with Crippen LogP contribution in [-0.2, 0) is 9.47 Å². The summed E-state index contributed by atoms with van der Waals surface area (Å²) in [7, 11) is 0. The molecule has 0 amide bonds. The van der Waals surface area contributed by atoms with Gasteiger partial charge in [0.05, 0.1) is 18.2 Å². The molecule has 0 N–H and O–H groups in total. The third kappa shape index (κ3) is 9.49. The molecule has 1 aromatic heterocycles. The van der Waals surface area contributed by atoms with Crippen LogP contribution < -0.4 is 4.74 Å². The number of rotatable bonds is 5. The molecule has 0 aliphatic rings. The molecule has 0 atom stereocenters. The number of hydrogen-bond donors (Lipinski definition) is 0. The van der Waals surface area contributed by atoms with Crippen LogP contribution in [0.3, 0.4) is 0 Å². The van der Waals surface area contributed by atoms with Crippen molar-refractivity contribution < 1.29 is 37.0 Å². The van der Waals surface area contributed by atoms with E-state index in [4.69, 9.17) is 14.2 Å². The number of carbonyl (C=O) groups excluding carboxylic acids is 2. The minimum atomic E-state index is -4.52. The zero-order valence-corrected chi connectivity index (χ0v) is 19.6. The van der Waals surface area contributed by atoms with Crippen LogP contribution in [0, 0.1) is 5.41 Å². The molecule has 30 heavy (non-hydrogen) atoms. The van der Waals surface area contributed by atoms with Gasteiger partial charge in [0.15, 0.2) is 0 Å². The van der Waals surface area contributed by atoms with Crippen LogP contribution in [0.15, 0.2) is 6.20 Å². The van der Waals surface area contributed by atoms with Crippen LogP contribution in [0.1, 0.15) is 79.6 Å². The van der Waals surface area contributed by atoms with Crippen molar-refractivity contribution in [3.63, 3.8) is 0 Å². The fourth-order valence-corrected chi connectivity index (χ4v) is 1.55. The summed E-state index contributed by atoms with van der Waals surface area (Å²) >= 11 is 0. The van der Waals surface area contributed by atoms with Crippen molar-refractivity contribution in [2.45, 2.75) is 81.0 Å². The first-order chi connectivity index (χ1) is 13.7. The summed E-state index contributed by atoms with van der Waals surface area (Å²) in [5.41, 5.74) is -3.28. The van der Waals surface area contributed by atoms with E-state index in [0.29, 0.717) is 4.68 Å². The third-order valence-electron chi connectivity index (χ3n) is 3.09. The lowest BCUT2D eigenvalue weighted by Crippen LogP contribution is -2.37. The predicted molar refractivity (Wildman–Crippen MR) is 108 cm³/mol. The highest BCUT2D eigenvalue weighted by molar-refractivity contribution is 5.92. The number of nitrogens with zero attached hydrogens (tertiary/aromatic N) is 2. The molecule has 0 bridgehead atoms. The second-order valence-corrected chi connectivity index (χ2v) is 7.16. The van der Waals surface area contributed by atoms with E-state index in [2.05, 4.69) is 5.10 Å². The number of aromatic nitrogens is 2. The summed E-state index contributed by atoms with van der Waals surface area (Å²) in [5, 5.41) is 3.73. The van der Waals surface area contributed by atoms with Gasteiger partial charge in [0.2, 0.25) is 5.88 Å². The zero-order chi connectivity index (χ0) is 24.3. The van der Waals surface area contributed by atoms with Crippen molar-refractivity contribution in [3.8, 4) is 5.88 Å². The quantitative estimate of drug-likeness (QED) is 0.533. The molecule has 10 heteroatoms. The highest BCUT2D eigenvalue weighted by atomic mass is 19.4. The zero-order valence-electron chi connectivity index (χ0n) is 19.6. The summed E-state index contributed by atoms with van der Waals surface area (Å²) < 4.78 is 54.6. The molecule has 0 radical (unpaired) electrons. The molecule has 0 spiro atoms. The van der Waals surface area contributed by atoms with Gasteiger partial charge in [0.1, 0.15) is 17.8 Å². The molecule has 1 rings (SSSR count). The lowest BCUT2D eigenvalue weighted by Gasteiger charge is -2.27. The molecule has 176 valence electrons. The highest BCUT2D eigenvalue weighted by Gasteiger charge is 2.48. The van der Waals surface area contributed by atoms with Crippen molar-refractivity contribution >= 4 is 12.1 Å². The minimum absolute atomic E-state index is 0.0317. The molecule has 1 heterocycles. The molecule has 0 fully saturated rings. The Bertz CT molecular complexity index is 662. The SMILES string of the molecule is CC.CC.CCOC(=O)c1cn(C(=O)OC(C)(C)C)nc1OCC(C)(C)C(F)(F)F. The Labute approximate surface area is 176 Å². The van der Waals surface area contributed by atoms with Gasteiger partial charge in [0.25, 0.3) is 0 Å². The second kappa shape index (κ2) is 12.4. The topological polar surface area (TPSA) is 79.7 Å². The molecule has 0 saturated carbocycles. The molecule has 0 aliphatic carbocycles.